The van der Waals surface area contributed by atoms with E-state index in [-0.39, 0.29) is 11.9 Å². The Morgan fingerprint density at radius 1 is 1.24 bits per heavy atom. The molecule has 0 unspecified atom stereocenters. The second kappa shape index (κ2) is 5.16. The van der Waals surface area contributed by atoms with Gasteiger partial charge in [-0.2, -0.15) is 0 Å². The third-order valence-electron chi connectivity index (χ3n) is 3.86. The Balaban J connectivity index is 2.20. The Labute approximate surface area is 123 Å². The van der Waals surface area contributed by atoms with E-state index in [0.717, 1.165) is 34.1 Å². The van der Waals surface area contributed by atoms with Gasteiger partial charge in [0.1, 0.15) is 0 Å². The summed E-state index contributed by atoms with van der Waals surface area (Å²) in [5.41, 5.74) is 2.90. The number of nitrogens with zero attached hydrogens (tertiary/aromatic N) is 2. The Morgan fingerprint density at radius 2 is 2.05 bits per heavy atom. The fourth-order valence-corrected chi connectivity index (χ4v) is 2.83. The van der Waals surface area contributed by atoms with Crippen molar-refractivity contribution >= 4 is 28.4 Å². The van der Waals surface area contributed by atoms with Crippen LogP contribution >= 0.6 is 0 Å². The number of nitrogens with one attached hydrogen (secondary N) is 1. The van der Waals surface area contributed by atoms with Crippen LogP contribution in [0.15, 0.2) is 24.4 Å². The lowest BCUT2D eigenvalue weighted by Crippen LogP contribution is -2.49. The molecule has 0 atom stereocenters. The maximum atomic E-state index is 12.1. The number of rotatable bonds is 2. The molecular weight excluding hydrogens is 266 g/mol. The number of carbonyl (C=O) groups is 2. The predicted octanol–water partition coefficient (Wildman–Crippen LogP) is 2.55. The summed E-state index contributed by atoms with van der Waals surface area (Å²) in [5, 5.41) is 4.45. The van der Waals surface area contributed by atoms with Gasteiger partial charge in [0.15, 0.2) is 0 Å². The number of anilines is 1. The van der Waals surface area contributed by atoms with Crippen molar-refractivity contribution in [3.63, 3.8) is 0 Å². The van der Waals surface area contributed by atoms with Gasteiger partial charge in [-0.05, 0) is 25.0 Å². The van der Waals surface area contributed by atoms with Crippen LogP contribution in [0.25, 0.3) is 10.8 Å². The van der Waals surface area contributed by atoms with Crippen molar-refractivity contribution < 1.29 is 9.59 Å². The largest absolute Gasteiger partial charge is 0.328 e. The SMILES string of the molecule is CCc1nccc2c(N3CCC(=O)NC3=O)c(C)ccc12. The van der Waals surface area contributed by atoms with Gasteiger partial charge in [0.2, 0.25) is 5.91 Å². The molecule has 5 nitrogen and oxygen atoms in total. The third-order valence-corrected chi connectivity index (χ3v) is 3.86. The van der Waals surface area contributed by atoms with Gasteiger partial charge in [0.05, 0.1) is 5.69 Å². The van der Waals surface area contributed by atoms with Crippen molar-refractivity contribution in [2.75, 3.05) is 11.4 Å². The molecule has 1 aliphatic heterocycles. The van der Waals surface area contributed by atoms with Gasteiger partial charge in [-0.15, -0.1) is 0 Å². The monoisotopic (exact) mass is 283 g/mol. The van der Waals surface area contributed by atoms with E-state index in [4.69, 9.17) is 0 Å². The molecule has 0 spiro atoms. The number of aryl methyl sites for hydroxylation is 2. The highest BCUT2D eigenvalue weighted by Crippen LogP contribution is 2.32. The summed E-state index contributed by atoms with van der Waals surface area (Å²) >= 11 is 0. The minimum absolute atomic E-state index is 0.218. The lowest BCUT2D eigenvalue weighted by molar-refractivity contribution is -0.120. The molecule has 1 saturated heterocycles. The summed E-state index contributed by atoms with van der Waals surface area (Å²) in [6.45, 7) is 4.45. The van der Waals surface area contributed by atoms with Crippen LogP contribution in [-0.4, -0.2) is 23.5 Å². The van der Waals surface area contributed by atoms with Crippen LogP contribution in [0.4, 0.5) is 10.5 Å². The number of imide groups is 1. The lowest BCUT2D eigenvalue weighted by Gasteiger charge is -2.29. The summed E-state index contributed by atoms with van der Waals surface area (Å²) in [4.78, 5) is 29.5. The van der Waals surface area contributed by atoms with Crippen LogP contribution in [0.2, 0.25) is 0 Å². The first-order valence-corrected chi connectivity index (χ1v) is 7.10. The molecule has 1 aromatic carbocycles. The van der Waals surface area contributed by atoms with Gasteiger partial charge < -0.3 is 0 Å². The van der Waals surface area contributed by atoms with E-state index in [1.54, 1.807) is 11.1 Å². The molecule has 1 aliphatic rings. The van der Waals surface area contributed by atoms with Crippen molar-refractivity contribution in [3.8, 4) is 0 Å². The molecule has 2 aromatic rings. The molecule has 1 N–H and O–H groups in total. The molecule has 108 valence electrons. The zero-order valence-electron chi connectivity index (χ0n) is 12.1. The van der Waals surface area contributed by atoms with Crippen LogP contribution in [0.3, 0.4) is 0 Å². The smallest absolute Gasteiger partial charge is 0.293 e. The molecular formula is C16H17N3O2. The highest BCUT2D eigenvalue weighted by Gasteiger charge is 2.26. The lowest BCUT2D eigenvalue weighted by atomic mass is 10.0. The van der Waals surface area contributed by atoms with Crippen LogP contribution in [0.5, 0.6) is 0 Å². The molecule has 3 rings (SSSR count). The summed E-state index contributed by atoms with van der Waals surface area (Å²) < 4.78 is 0. The predicted molar refractivity (Wildman–Crippen MR) is 81.4 cm³/mol. The fourth-order valence-electron chi connectivity index (χ4n) is 2.83. The van der Waals surface area contributed by atoms with E-state index >= 15 is 0 Å². The molecule has 0 radical (unpaired) electrons. The van der Waals surface area contributed by atoms with E-state index in [0.29, 0.717) is 13.0 Å². The van der Waals surface area contributed by atoms with Gasteiger partial charge in [0, 0.05) is 35.6 Å². The normalized spacial score (nSPS) is 15.4. The van der Waals surface area contributed by atoms with Crippen molar-refractivity contribution in [1.82, 2.24) is 10.3 Å². The van der Waals surface area contributed by atoms with E-state index in [9.17, 15) is 9.59 Å². The highest BCUT2D eigenvalue weighted by molar-refractivity contribution is 6.10. The Morgan fingerprint density at radius 3 is 2.76 bits per heavy atom. The van der Waals surface area contributed by atoms with Crippen LogP contribution in [0, 0.1) is 6.92 Å². The van der Waals surface area contributed by atoms with Gasteiger partial charge in [-0.1, -0.05) is 19.1 Å². The van der Waals surface area contributed by atoms with E-state index in [1.807, 2.05) is 25.1 Å². The van der Waals surface area contributed by atoms with Crippen LogP contribution in [-0.2, 0) is 11.2 Å². The summed E-state index contributed by atoms with van der Waals surface area (Å²) in [6, 6.07) is 5.63. The average molecular weight is 283 g/mol. The van der Waals surface area contributed by atoms with E-state index in [1.165, 1.54) is 0 Å². The molecule has 2 heterocycles. The topological polar surface area (TPSA) is 62.3 Å². The number of hydrogen-bond donors (Lipinski definition) is 1. The molecule has 0 aliphatic carbocycles. The summed E-state index contributed by atoms with van der Waals surface area (Å²) in [7, 11) is 0. The van der Waals surface area contributed by atoms with Crippen LogP contribution < -0.4 is 10.2 Å². The average Bonchev–Trinajstić information content (AvgIpc) is 2.47. The molecule has 0 saturated carbocycles. The fraction of sp³-hybridized carbons (Fsp3) is 0.312. The van der Waals surface area contributed by atoms with Gasteiger partial charge in [-0.3, -0.25) is 20.0 Å². The first-order valence-electron chi connectivity index (χ1n) is 7.10. The number of urea groups is 1. The second-order valence-corrected chi connectivity index (χ2v) is 5.19. The minimum atomic E-state index is -0.350. The number of amides is 3. The quantitative estimate of drug-likeness (QED) is 0.921. The molecule has 3 amide bonds. The molecule has 21 heavy (non-hydrogen) atoms. The number of aromatic nitrogens is 1. The number of hydrogen-bond acceptors (Lipinski definition) is 3. The van der Waals surface area contributed by atoms with Crippen molar-refractivity contribution in [2.24, 2.45) is 0 Å². The summed E-state index contributed by atoms with van der Waals surface area (Å²) in [5.74, 6) is -0.218. The molecule has 1 fully saturated rings. The van der Waals surface area contributed by atoms with Crippen molar-refractivity contribution in [3.05, 3.63) is 35.7 Å². The number of benzene rings is 1. The van der Waals surface area contributed by atoms with Crippen molar-refractivity contribution in [2.45, 2.75) is 26.7 Å². The summed E-state index contributed by atoms with van der Waals surface area (Å²) in [6.07, 6.45) is 2.94. The van der Waals surface area contributed by atoms with Gasteiger partial charge >= 0.3 is 6.03 Å². The van der Waals surface area contributed by atoms with E-state index in [2.05, 4.69) is 17.2 Å². The molecule has 5 heteroatoms. The molecule has 1 aromatic heterocycles. The first kappa shape index (κ1) is 13.5. The first-order chi connectivity index (χ1) is 10.1. The number of pyridine rings is 1. The number of fused-ring (bicyclic) bond motifs is 1. The third kappa shape index (κ3) is 2.24. The van der Waals surface area contributed by atoms with Crippen LogP contribution in [0.1, 0.15) is 24.6 Å². The zero-order chi connectivity index (χ0) is 15.0. The maximum absolute atomic E-state index is 12.1. The Hall–Kier alpha value is -2.43. The van der Waals surface area contributed by atoms with E-state index < -0.39 is 0 Å². The highest BCUT2D eigenvalue weighted by atomic mass is 16.2. The van der Waals surface area contributed by atoms with Gasteiger partial charge in [0.25, 0.3) is 0 Å². The zero-order valence-corrected chi connectivity index (χ0v) is 12.1. The maximum Gasteiger partial charge on any atom is 0.328 e. The Bertz CT molecular complexity index is 740. The second-order valence-electron chi connectivity index (χ2n) is 5.19. The standard InChI is InChI=1S/C16H17N3O2/c1-3-13-11-5-4-10(2)15(12(11)6-8-17-13)19-9-7-14(20)18-16(19)21/h4-6,8H,3,7,9H2,1-2H3,(H,18,20,21). The number of carbonyl (C=O) groups excluding carboxylic acids is 2. The molecule has 0 bridgehead atoms. The van der Waals surface area contributed by atoms with Gasteiger partial charge in [-0.25, -0.2) is 4.79 Å². The minimum Gasteiger partial charge on any atom is -0.293 e. The van der Waals surface area contributed by atoms with Crippen molar-refractivity contribution in [1.29, 1.82) is 0 Å². The Kier molecular flexibility index (Phi) is 3.33.